The first-order chi connectivity index (χ1) is 11.4. The van der Waals surface area contributed by atoms with Crippen LogP contribution in [0.25, 0.3) is 0 Å². The summed E-state index contributed by atoms with van der Waals surface area (Å²) in [6.07, 6.45) is 5.06. The van der Waals surface area contributed by atoms with Crippen LogP contribution in [-0.4, -0.2) is 20.9 Å². The van der Waals surface area contributed by atoms with Crippen LogP contribution in [0, 0.1) is 19.3 Å². The molecule has 2 aromatic carbocycles. The quantitative estimate of drug-likeness (QED) is 0.787. The van der Waals surface area contributed by atoms with Crippen molar-refractivity contribution in [3.8, 4) is 12.3 Å². The van der Waals surface area contributed by atoms with Gasteiger partial charge in [0.1, 0.15) is 0 Å². The zero-order chi connectivity index (χ0) is 17.6. The summed E-state index contributed by atoms with van der Waals surface area (Å²) in [5, 5.41) is 2.79. The second-order valence-corrected chi connectivity index (χ2v) is 6.93. The predicted octanol–water partition coefficient (Wildman–Crippen LogP) is 1.84. The van der Waals surface area contributed by atoms with Gasteiger partial charge in [0.05, 0.1) is 11.4 Å². The van der Waals surface area contributed by atoms with Crippen LogP contribution in [0.15, 0.2) is 53.4 Å². The number of carbonyl (C=O) groups is 1. The number of sulfonamides is 1. The monoisotopic (exact) mass is 342 g/mol. The number of amides is 1. The van der Waals surface area contributed by atoms with Crippen LogP contribution < -0.4 is 10.0 Å². The minimum absolute atomic E-state index is 0.00120. The van der Waals surface area contributed by atoms with E-state index in [9.17, 15) is 13.2 Å². The number of terminal acetylenes is 1. The summed E-state index contributed by atoms with van der Waals surface area (Å²) in [7, 11) is -3.72. The van der Waals surface area contributed by atoms with Gasteiger partial charge in [-0.25, -0.2) is 8.42 Å². The first-order valence-electron chi connectivity index (χ1n) is 7.30. The van der Waals surface area contributed by atoms with Crippen molar-refractivity contribution in [1.82, 2.24) is 10.0 Å². The summed E-state index contributed by atoms with van der Waals surface area (Å²) in [6, 6.07) is 13.5. The summed E-state index contributed by atoms with van der Waals surface area (Å²) < 4.78 is 26.4. The molecule has 24 heavy (non-hydrogen) atoms. The lowest BCUT2D eigenvalue weighted by molar-refractivity contribution is 0.0950. The van der Waals surface area contributed by atoms with E-state index in [1.54, 1.807) is 6.07 Å². The molecule has 0 radical (unpaired) electrons. The van der Waals surface area contributed by atoms with Crippen molar-refractivity contribution in [3.63, 3.8) is 0 Å². The summed E-state index contributed by atoms with van der Waals surface area (Å²) in [5.74, 6) is 1.86. The minimum Gasteiger partial charge on any atom is -0.348 e. The molecule has 1 amide bonds. The first-order valence-corrected chi connectivity index (χ1v) is 8.78. The first kappa shape index (κ1) is 17.7. The van der Waals surface area contributed by atoms with Crippen molar-refractivity contribution in [2.45, 2.75) is 18.4 Å². The molecule has 2 rings (SSSR count). The van der Waals surface area contributed by atoms with E-state index in [2.05, 4.69) is 16.0 Å². The molecule has 6 heteroatoms. The van der Waals surface area contributed by atoms with Gasteiger partial charge in [0.25, 0.3) is 5.91 Å². The molecule has 124 valence electrons. The summed E-state index contributed by atoms with van der Waals surface area (Å²) in [5.41, 5.74) is 2.35. The van der Waals surface area contributed by atoms with Gasteiger partial charge in [-0.1, -0.05) is 36.3 Å². The average molecular weight is 342 g/mol. The minimum atomic E-state index is -3.72. The van der Waals surface area contributed by atoms with Gasteiger partial charge in [0, 0.05) is 12.1 Å². The second-order valence-electron chi connectivity index (χ2n) is 5.17. The van der Waals surface area contributed by atoms with Crippen molar-refractivity contribution in [2.75, 3.05) is 6.54 Å². The molecule has 0 aliphatic carbocycles. The third-order valence-corrected chi connectivity index (χ3v) is 4.87. The van der Waals surface area contributed by atoms with E-state index in [0.717, 1.165) is 11.1 Å². The van der Waals surface area contributed by atoms with Crippen LogP contribution in [0.1, 0.15) is 21.5 Å². The molecule has 0 heterocycles. The van der Waals surface area contributed by atoms with Crippen molar-refractivity contribution >= 4 is 15.9 Å². The molecule has 0 atom stereocenters. The van der Waals surface area contributed by atoms with Crippen molar-refractivity contribution in [3.05, 3.63) is 65.2 Å². The highest BCUT2D eigenvalue weighted by molar-refractivity contribution is 7.89. The number of nitrogens with one attached hydrogen (secondary N) is 2. The number of rotatable bonds is 6. The van der Waals surface area contributed by atoms with E-state index in [0.29, 0.717) is 6.54 Å². The zero-order valence-corrected chi connectivity index (χ0v) is 14.1. The highest BCUT2D eigenvalue weighted by Gasteiger charge is 2.15. The topological polar surface area (TPSA) is 75.3 Å². The maximum Gasteiger partial charge on any atom is 0.251 e. The Morgan fingerprint density at radius 1 is 1.17 bits per heavy atom. The zero-order valence-electron chi connectivity index (χ0n) is 13.2. The van der Waals surface area contributed by atoms with Crippen LogP contribution in [0.2, 0.25) is 0 Å². The Morgan fingerprint density at radius 3 is 2.62 bits per heavy atom. The van der Waals surface area contributed by atoms with E-state index >= 15 is 0 Å². The largest absolute Gasteiger partial charge is 0.348 e. The fraction of sp³-hybridized carbons (Fsp3) is 0.167. The predicted molar refractivity (Wildman–Crippen MR) is 92.8 cm³/mol. The van der Waals surface area contributed by atoms with Gasteiger partial charge >= 0.3 is 0 Å². The van der Waals surface area contributed by atoms with Gasteiger partial charge in [-0.3, -0.25) is 4.79 Å². The van der Waals surface area contributed by atoms with E-state index in [1.165, 1.54) is 18.2 Å². The molecule has 0 fully saturated rings. The van der Waals surface area contributed by atoms with Gasteiger partial charge in [-0.2, -0.15) is 4.72 Å². The maximum absolute atomic E-state index is 12.3. The lowest BCUT2D eigenvalue weighted by Gasteiger charge is -2.09. The Balaban J connectivity index is 2.12. The van der Waals surface area contributed by atoms with Crippen molar-refractivity contribution < 1.29 is 13.2 Å². The summed E-state index contributed by atoms with van der Waals surface area (Å²) >= 11 is 0. The fourth-order valence-electron chi connectivity index (χ4n) is 2.11. The summed E-state index contributed by atoms with van der Waals surface area (Å²) in [4.78, 5) is 12.3. The third-order valence-electron chi connectivity index (χ3n) is 3.47. The molecule has 0 unspecified atom stereocenters. The number of hydrogen-bond acceptors (Lipinski definition) is 3. The molecule has 0 aliphatic heterocycles. The Labute approximate surface area is 142 Å². The van der Waals surface area contributed by atoms with Crippen molar-refractivity contribution in [1.29, 1.82) is 0 Å². The summed E-state index contributed by atoms with van der Waals surface area (Å²) in [6.45, 7) is 2.23. The van der Waals surface area contributed by atoms with Crippen LogP contribution >= 0.6 is 0 Å². The van der Waals surface area contributed by atoms with E-state index < -0.39 is 10.0 Å². The molecular weight excluding hydrogens is 324 g/mol. The van der Waals surface area contributed by atoms with E-state index in [1.807, 2.05) is 31.2 Å². The third kappa shape index (κ3) is 4.44. The van der Waals surface area contributed by atoms with Crippen LogP contribution in [0.5, 0.6) is 0 Å². The number of carbonyl (C=O) groups excluding carboxylic acids is 1. The van der Waals surface area contributed by atoms with Crippen LogP contribution in [-0.2, 0) is 16.6 Å². The molecule has 0 aromatic heterocycles. The molecule has 5 nitrogen and oxygen atoms in total. The maximum atomic E-state index is 12.3. The second kappa shape index (κ2) is 7.77. The van der Waals surface area contributed by atoms with Crippen LogP contribution in [0.3, 0.4) is 0 Å². The molecule has 0 saturated carbocycles. The molecule has 2 aromatic rings. The Bertz CT molecular complexity index is 883. The standard InChI is InChI=1S/C18H18N2O3S/c1-3-11-20-24(22,23)17-10-6-9-15(12-17)18(21)19-13-16-8-5-4-7-14(16)2/h1,4-10,12,20H,11,13H2,2H3,(H,19,21). The molecule has 0 saturated heterocycles. The van der Waals surface area contributed by atoms with Gasteiger partial charge in [0.15, 0.2) is 0 Å². The lowest BCUT2D eigenvalue weighted by Crippen LogP contribution is -2.26. The normalized spacial score (nSPS) is 10.8. The Morgan fingerprint density at radius 2 is 1.92 bits per heavy atom. The number of hydrogen-bond donors (Lipinski definition) is 2. The number of aryl methyl sites for hydroxylation is 1. The van der Waals surface area contributed by atoms with Crippen molar-refractivity contribution in [2.24, 2.45) is 0 Å². The SMILES string of the molecule is C#CCNS(=O)(=O)c1cccc(C(=O)NCc2ccccc2C)c1. The lowest BCUT2D eigenvalue weighted by atomic mass is 10.1. The molecule has 0 spiro atoms. The Kier molecular flexibility index (Phi) is 5.74. The highest BCUT2D eigenvalue weighted by Crippen LogP contribution is 2.12. The highest BCUT2D eigenvalue weighted by atomic mass is 32.2. The Hall–Kier alpha value is -2.62. The van der Waals surface area contributed by atoms with Crippen LogP contribution in [0.4, 0.5) is 0 Å². The fourth-order valence-corrected chi connectivity index (χ4v) is 3.09. The molecular formula is C18H18N2O3S. The molecule has 0 aliphatic rings. The van der Waals surface area contributed by atoms with E-state index in [4.69, 9.17) is 6.42 Å². The number of benzene rings is 2. The molecule has 2 N–H and O–H groups in total. The smallest absolute Gasteiger partial charge is 0.251 e. The average Bonchev–Trinajstić information content (AvgIpc) is 2.59. The van der Waals surface area contributed by atoms with E-state index in [-0.39, 0.29) is 22.9 Å². The van der Waals surface area contributed by atoms with Gasteiger partial charge in [0.2, 0.25) is 10.0 Å². The van der Waals surface area contributed by atoms with Gasteiger partial charge in [-0.15, -0.1) is 6.42 Å². The molecule has 0 bridgehead atoms. The van der Waals surface area contributed by atoms with Gasteiger partial charge < -0.3 is 5.32 Å². The van der Waals surface area contributed by atoms with Gasteiger partial charge in [-0.05, 0) is 36.2 Å².